The number of carbonyl (C=O) groups is 1. The van der Waals surface area contributed by atoms with Crippen molar-refractivity contribution in [3.63, 3.8) is 0 Å². The summed E-state index contributed by atoms with van der Waals surface area (Å²) in [4.78, 5) is 12.1. The highest BCUT2D eigenvalue weighted by atomic mass is 28.4. The fourth-order valence-corrected chi connectivity index (χ4v) is 5.54. The van der Waals surface area contributed by atoms with Crippen LogP contribution in [0.5, 0.6) is 0 Å². The fourth-order valence-electron chi connectivity index (χ4n) is 2.19. The van der Waals surface area contributed by atoms with E-state index in [-0.39, 0.29) is 24.4 Å². The van der Waals surface area contributed by atoms with Gasteiger partial charge in [0.15, 0.2) is 11.6 Å². The van der Waals surface area contributed by atoms with Gasteiger partial charge in [-0.15, -0.1) is 0 Å². The predicted octanol–water partition coefficient (Wildman–Crippen LogP) is 4.10. The van der Waals surface area contributed by atoms with E-state index in [0.29, 0.717) is 11.6 Å². The van der Waals surface area contributed by atoms with Gasteiger partial charge in [-0.1, -0.05) is 19.9 Å². The molecular weight excluding hydrogens is 312 g/mol. The smallest absolute Gasteiger partial charge is 0.371 e. The number of ether oxygens (including phenoxy) is 1. The molecular formula is C17H34O5Si. The number of methoxy groups -OCH3 is 1. The van der Waals surface area contributed by atoms with Gasteiger partial charge in [0.25, 0.3) is 0 Å². The molecule has 0 bridgehead atoms. The zero-order chi connectivity index (χ0) is 18.3. The number of carbonyl (C=O) groups excluding carboxylic acids is 1. The SMILES string of the molecule is C=C(C)C(=O)CC(C)(OC)O[Si](CCC)(OC(C)C)OC(C)C. The highest BCUT2D eigenvalue weighted by Gasteiger charge is 2.48. The second-order valence-electron chi connectivity index (χ2n) is 6.59. The number of hydrogen-bond acceptors (Lipinski definition) is 5. The first-order chi connectivity index (χ1) is 10.5. The molecule has 0 fully saturated rings. The Morgan fingerprint density at radius 2 is 1.65 bits per heavy atom. The van der Waals surface area contributed by atoms with Crippen LogP contribution >= 0.6 is 0 Å². The highest BCUT2D eigenvalue weighted by molar-refractivity contribution is 6.60. The number of rotatable bonds is 12. The Hall–Kier alpha value is -0.533. The van der Waals surface area contributed by atoms with E-state index < -0.39 is 14.6 Å². The summed E-state index contributed by atoms with van der Waals surface area (Å²) < 4.78 is 24.0. The molecule has 0 radical (unpaired) electrons. The van der Waals surface area contributed by atoms with Crippen molar-refractivity contribution in [2.45, 2.75) is 85.3 Å². The van der Waals surface area contributed by atoms with E-state index in [4.69, 9.17) is 18.0 Å². The lowest BCUT2D eigenvalue weighted by atomic mass is 10.1. The van der Waals surface area contributed by atoms with Crippen molar-refractivity contribution in [2.24, 2.45) is 0 Å². The van der Waals surface area contributed by atoms with Crippen molar-refractivity contribution in [2.75, 3.05) is 7.11 Å². The molecule has 0 amide bonds. The van der Waals surface area contributed by atoms with E-state index in [0.717, 1.165) is 6.42 Å². The van der Waals surface area contributed by atoms with Gasteiger partial charge in [0.2, 0.25) is 0 Å². The minimum absolute atomic E-state index is 0.0371. The zero-order valence-corrected chi connectivity index (χ0v) is 17.0. The molecule has 1 unspecified atom stereocenters. The first-order valence-electron chi connectivity index (χ1n) is 8.29. The van der Waals surface area contributed by atoms with Crippen molar-refractivity contribution in [3.8, 4) is 0 Å². The highest BCUT2D eigenvalue weighted by Crippen LogP contribution is 2.30. The molecule has 0 saturated heterocycles. The van der Waals surface area contributed by atoms with Crippen molar-refractivity contribution in [3.05, 3.63) is 12.2 Å². The van der Waals surface area contributed by atoms with Crippen LogP contribution < -0.4 is 0 Å². The average Bonchev–Trinajstić information content (AvgIpc) is 2.36. The van der Waals surface area contributed by atoms with Crippen LogP contribution in [0, 0.1) is 0 Å². The van der Waals surface area contributed by atoms with E-state index >= 15 is 0 Å². The Balaban J connectivity index is 5.49. The molecule has 0 spiro atoms. The third-order valence-corrected chi connectivity index (χ3v) is 6.66. The van der Waals surface area contributed by atoms with E-state index in [1.165, 1.54) is 7.11 Å². The lowest BCUT2D eigenvalue weighted by Gasteiger charge is -2.40. The van der Waals surface area contributed by atoms with Gasteiger partial charge >= 0.3 is 8.80 Å². The molecule has 6 heteroatoms. The summed E-state index contributed by atoms with van der Waals surface area (Å²) in [6, 6.07) is 0.670. The standard InChI is InChI=1S/C17H34O5Si/c1-10-11-23(20-14(4)5,21-15(6)7)22-17(8,19-9)12-16(18)13(2)3/h14-15H,2,10-12H2,1,3-9H3. The predicted molar refractivity (Wildman–Crippen MR) is 94.2 cm³/mol. The molecule has 0 aliphatic rings. The van der Waals surface area contributed by atoms with Crippen LogP contribution in [0.15, 0.2) is 12.2 Å². The summed E-state index contributed by atoms with van der Waals surface area (Å²) in [5.74, 6) is -1.19. The topological polar surface area (TPSA) is 54.0 Å². The average molecular weight is 347 g/mol. The Morgan fingerprint density at radius 1 is 1.17 bits per heavy atom. The Kier molecular flexibility index (Phi) is 9.46. The van der Waals surface area contributed by atoms with Crippen LogP contribution in [0.3, 0.4) is 0 Å². The van der Waals surface area contributed by atoms with Gasteiger partial charge in [-0.2, -0.15) is 0 Å². The van der Waals surface area contributed by atoms with Crippen molar-refractivity contribution in [1.29, 1.82) is 0 Å². The summed E-state index contributed by atoms with van der Waals surface area (Å²) in [7, 11) is -1.46. The van der Waals surface area contributed by atoms with E-state index in [1.807, 2.05) is 27.7 Å². The molecule has 0 rings (SSSR count). The van der Waals surface area contributed by atoms with Gasteiger partial charge in [-0.25, -0.2) is 0 Å². The molecule has 0 heterocycles. The Bertz CT molecular complexity index is 384. The second-order valence-corrected chi connectivity index (χ2v) is 9.13. The lowest BCUT2D eigenvalue weighted by molar-refractivity contribution is -0.191. The quantitative estimate of drug-likeness (QED) is 0.302. The van der Waals surface area contributed by atoms with Crippen molar-refractivity contribution < 1.29 is 22.8 Å². The summed E-state index contributed by atoms with van der Waals surface area (Å²) in [6.45, 7) is 17.0. The molecule has 0 N–H and O–H groups in total. The van der Waals surface area contributed by atoms with Gasteiger partial charge in [-0.05, 0) is 47.1 Å². The monoisotopic (exact) mass is 346 g/mol. The molecule has 0 aromatic heterocycles. The number of hydrogen-bond donors (Lipinski definition) is 0. The van der Waals surface area contributed by atoms with Crippen LogP contribution in [0.4, 0.5) is 0 Å². The molecule has 0 aliphatic heterocycles. The third-order valence-electron chi connectivity index (χ3n) is 3.15. The van der Waals surface area contributed by atoms with E-state index in [1.54, 1.807) is 13.8 Å². The minimum atomic E-state index is -2.99. The first-order valence-corrected chi connectivity index (χ1v) is 10.2. The third kappa shape index (κ3) is 8.22. The lowest BCUT2D eigenvalue weighted by Crippen LogP contribution is -2.55. The number of Topliss-reactive ketones (excluding diaryl/α,β-unsaturated/α-hetero) is 1. The largest absolute Gasteiger partial charge is 0.503 e. The summed E-state index contributed by atoms with van der Waals surface area (Å²) in [5.41, 5.74) is 0.481. The maximum atomic E-state index is 12.1. The van der Waals surface area contributed by atoms with E-state index in [9.17, 15) is 4.79 Å². The van der Waals surface area contributed by atoms with Gasteiger partial charge < -0.3 is 18.0 Å². The van der Waals surface area contributed by atoms with Gasteiger partial charge in [0.1, 0.15) is 0 Å². The van der Waals surface area contributed by atoms with Crippen molar-refractivity contribution in [1.82, 2.24) is 0 Å². The van der Waals surface area contributed by atoms with Gasteiger partial charge in [0, 0.05) is 25.4 Å². The molecule has 0 aromatic carbocycles. The Morgan fingerprint density at radius 3 is 1.96 bits per heavy atom. The van der Waals surface area contributed by atoms with Gasteiger partial charge in [0.05, 0.1) is 6.42 Å². The molecule has 1 atom stereocenters. The van der Waals surface area contributed by atoms with Crippen LogP contribution in [0.1, 0.15) is 61.3 Å². The molecule has 23 heavy (non-hydrogen) atoms. The summed E-state index contributed by atoms with van der Waals surface area (Å²) in [6.07, 6.45) is 0.870. The minimum Gasteiger partial charge on any atom is -0.371 e. The fraction of sp³-hybridized carbons (Fsp3) is 0.824. The second kappa shape index (κ2) is 9.69. The Labute approximate surface area is 142 Å². The van der Waals surface area contributed by atoms with E-state index in [2.05, 4.69) is 13.5 Å². The van der Waals surface area contributed by atoms with Crippen LogP contribution in [0.2, 0.25) is 6.04 Å². The number of allylic oxidation sites excluding steroid dienone is 1. The molecule has 5 nitrogen and oxygen atoms in total. The molecule has 0 aliphatic carbocycles. The first kappa shape index (κ1) is 22.5. The molecule has 0 saturated carbocycles. The van der Waals surface area contributed by atoms with Crippen LogP contribution in [-0.2, 0) is 22.8 Å². The maximum absolute atomic E-state index is 12.1. The van der Waals surface area contributed by atoms with Crippen LogP contribution in [-0.4, -0.2) is 39.7 Å². The maximum Gasteiger partial charge on any atom is 0.503 e. The van der Waals surface area contributed by atoms with Crippen LogP contribution in [0.25, 0.3) is 0 Å². The summed E-state index contributed by atoms with van der Waals surface area (Å²) in [5, 5.41) is 0. The zero-order valence-electron chi connectivity index (χ0n) is 16.0. The number of ketones is 1. The molecule has 0 aromatic rings. The van der Waals surface area contributed by atoms with Crippen molar-refractivity contribution >= 4 is 14.6 Å². The summed E-state index contributed by atoms with van der Waals surface area (Å²) >= 11 is 0. The normalized spacial score (nSPS) is 15.0. The van der Waals surface area contributed by atoms with Gasteiger partial charge in [-0.3, -0.25) is 4.79 Å². The molecule has 136 valence electrons.